The molecular formula is C13H8ClF2N3. The van der Waals surface area contributed by atoms with Crippen LogP contribution in [0.15, 0.2) is 36.4 Å². The normalized spacial score (nSPS) is 11.1. The second kappa shape index (κ2) is 4.20. The number of hydrogen-bond donors (Lipinski definition) is 1. The predicted molar refractivity (Wildman–Crippen MR) is 70.4 cm³/mol. The Kier molecular flexibility index (Phi) is 2.64. The molecule has 3 nitrogen and oxygen atoms in total. The Balaban J connectivity index is 2.36. The molecule has 3 aromatic rings. The van der Waals surface area contributed by atoms with Crippen LogP contribution in [0.25, 0.3) is 16.7 Å². The lowest BCUT2D eigenvalue weighted by Crippen LogP contribution is -2.02. The van der Waals surface area contributed by atoms with Gasteiger partial charge in [0.05, 0.1) is 16.7 Å². The molecule has 6 heteroatoms. The minimum absolute atomic E-state index is 0.0711. The highest BCUT2D eigenvalue weighted by atomic mass is 35.5. The van der Waals surface area contributed by atoms with Crippen molar-refractivity contribution in [2.45, 2.75) is 0 Å². The zero-order valence-electron chi connectivity index (χ0n) is 9.57. The molecule has 0 bridgehead atoms. The van der Waals surface area contributed by atoms with Crippen LogP contribution in [-0.2, 0) is 0 Å². The molecule has 0 aliphatic carbocycles. The monoisotopic (exact) mass is 279 g/mol. The standard InChI is InChI=1S/C13H8ClF2N3/c14-7-1-3-9(16)12(5-7)19-11-4-2-8(15)6-10(11)18-13(19)17/h1-6H,(H2,17,18). The van der Waals surface area contributed by atoms with Crippen LogP contribution in [0.5, 0.6) is 0 Å². The van der Waals surface area contributed by atoms with E-state index >= 15 is 0 Å². The fourth-order valence-electron chi connectivity index (χ4n) is 1.98. The third-order valence-corrected chi connectivity index (χ3v) is 3.03. The number of imidazole rings is 1. The van der Waals surface area contributed by atoms with Gasteiger partial charge in [-0.3, -0.25) is 4.57 Å². The molecule has 0 unspecified atom stereocenters. The van der Waals surface area contributed by atoms with Gasteiger partial charge < -0.3 is 5.73 Å². The SMILES string of the molecule is Nc1nc2cc(F)ccc2n1-c1cc(Cl)ccc1F. The summed E-state index contributed by atoms with van der Waals surface area (Å²) >= 11 is 5.86. The molecule has 0 fully saturated rings. The number of rotatable bonds is 1. The molecule has 0 aliphatic heterocycles. The molecule has 0 saturated carbocycles. The number of fused-ring (bicyclic) bond motifs is 1. The van der Waals surface area contributed by atoms with E-state index in [1.807, 2.05) is 0 Å². The summed E-state index contributed by atoms with van der Waals surface area (Å²) in [6.45, 7) is 0. The largest absolute Gasteiger partial charge is 0.369 e. The molecule has 0 amide bonds. The molecule has 3 rings (SSSR count). The van der Waals surface area contributed by atoms with E-state index in [2.05, 4.69) is 4.98 Å². The number of nitrogens with zero attached hydrogens (tertiary/aromatic N) is 2. The van der Waals surface area contributed by atoms with Crippen LogP contribution < -0.4 is 5.73 Å². The van der Waals surface area contributed by atoms with E-state index in [1.165, 1.54) is 41.0 Å². The van der Waals surface area contributed by atoms with E-state index in [0.29, 0.717) is 16.1 Å². The average molecular weight is 280 g/mol. The Morgan fingerprint density at radius 2 is 1.89 bits per heavy atom. The molecule has 0 aliphatic rings. The van der Waals surface area contributed by atoms with Crippen LogP contribution in [0.4, 0.5) is 14.7 Å². The molecule has 2 N–H and O–H groups in total. The Bertz CT molecular complexity index is 783. The van der Waals surface area contributed by atoms with E-state index in [9.17, 15) is 8.78 Å². The first kappa shape index (κ1) is 11.9. The van der Waals surface area contributed by atoms with Crippen LogP contribution in [0.3, 0.4) is 0 Å². The van der Waals surface area contributed by atoms with Crippen molar-refractivity contribution in [3.63, 3.8) is 0 Å². The molecule has 0 atom stereocenters. The quantitative estimate of drug-likeness (QED) is 0.740. The van der Waals surface area contributed by atoms with Gasteiger partial charge in [-0.2, -0.15) is 0 Å². The number of nitrogens with two attached hydrogens (primary N) is 1. The summed E-state index contributed by atoms with van der Waals surface area (Å²) in [5.74, 6) is -0.842. The van der Waals surface area contributed by atoms with Crippen molar-refractivity contribution >= 4 is 28.6 Å². The van der Waals surface area contributed by atoms with Gasteiger partial charge in [-0.1, -0.05) is 11.6 Å². The van der Waals surface area contributed by atoms with Gasteiger partial charge in [-0.05, 0) is 30.3 Å². The molecule has 0 spiro atoms. The number of halogens is 3. The number of benzene rings is 2. The van der Waals surface area contributed by atoms with Gasteiger partial charge >= 0.3 is 0 Å². The highest BCUT2D eigenvalue weighted by Crippen LogP contribution is 2.27. The summed E-state index contributed by atoms with van der Waals surface area (Å²) in [5, 5.41) is 0.375. The summed E-state index contributed by atoms with van der Waals surface area (Å²) in [6.07, 6.45) is 0. The number of hydrogen-bond acceptors (Lipinski definition) is 2. The van der Waals surface area contributed by atoms with Crippen molar-refractivity contribution < 1.29 is 8.78 Å². The molecule has 2 aromatic carbocycles. The summed E-state index contributed by atoms with van der Waals surface area (Å²) < 4.78 is 28.4. The van der Waals surface area contributed by atoms with Crippen molar-refractivity contribution in [1.82, 2.24) is 9.55 Å². The fraction of sp³-hybridized carbons (Fsp3) is 0. The van der Waals surface area contributed by atoms with Crippen molar-refractivity contribution in [3.8, 4) is 5.69 Å². The Labute approximate surface area is 112 Å². The maximum atomic E-state index is 13.9. The van der Waals surface area contributed by atoms with Crippen molar-refractivity contribution in [2.24, 2.45) is 0 Å². The van der Waals surface area contributed by atoms with Gasteiger partial charge in [0.2, 0.25) is 5.95 Å². The zero-order chi connectivity index (χ0) is 13.6. The van der Waals surface area contributed by atoms with E-state index in [4.69, 9.17) is 17.3 Å². The van der Waals surface area contributed by atoms with Crippen LogP contribution in [-0.4, -0.2) is 9.55 Å². The minimum atomic E-state index is -0.486. The Morgan fingerprint density at radius 1 is 1.11 bits per heavy atom. The molecule has 96 valence electrons. The van der Waals surface area contributed by atoms with Crippen molar-refractivity contribution in [3.05, 3.63) is 53.1 Å². The lowest BCUT2D eigenvalue weighted by molar-refractivity contribution is 0.620. The first-order valence-corrected chi connectivity index (χ1v) is 5.83. The molecule has 1 aromatic heterocycles. The first-order valence-electron chi connectivity index (χ1n) is 5.45. The van der Waals surface area contributed by atoms with Crippen molar-refractivity contribution in [1.29, 1.82) is 0 Å². The third-order valence-electron chi connectivity index (χ3n) is 2.79. The second-order valence-corrected chi connectivity index (χ2v) is 4.47. The van der Waals surface area contributed by atoms with Gasteiger partial charge in [0, 0.05) is 11.1 Å². The maximum absolute atomic E-state index is 13.9. The third kappa shape index (κ3) is 1.92. The molecule has 1 heterocycles. The van der Waals surface area contributed by atoms with Gasteiger partial charge in [0.1, 0.15) is 11.6 Å². The fourth-order valence-corrected chi connectivity index (χ4v) is 2.15. The van der Waals surface area contributed by atoms with E-state index < -0.39 is 11.6 Å². The maximum Gasteiger partial charge on any atom is 0.206 e. The summed E-state index contributed by atoms with van der Waals surface area (Å²) in [6, 6.07) is 8.13. The van der Waals surface area contributed by atoms with E-state index in [-0.39, 0.29) is 11.6 Å². The molecule has 0 radical (unpaired) electrons. The zero-order valence-corrected chi connectivity index (χ0v) is 10.3. The van der Waals surface area contributed by atoms with E-state index in [1.54, 1.807) is 0 Å². The smallest absolute Gasteiger partial charge is 0.206 e. The first-order chi connectivity index (χ1) is 9.06. The lowest BCUT2D eigenvalue weighted by atomic mass is 10.2. The molecule has 0 saturated heterocycles. The summed E-state index contributed by atoms with van der Waals surface area (Å²) in [7, 11) is 0. The highest BCUT2D eigenvalue weighted by molar-refractivity contribution is 6.30. The van der Waals surface area contributed by atoms with Gasteiger partial charge in [-0.25, -0.2) is 13.8 Å². The minimum Gasteiger partial charge on any atom is -0.369 e. The van der Waals surface area contributed by atoms with Crippen LogP contribution >= 0.6 is 11.6 Å². The topological polar surface area (TPSA) is 43.8 Å². The molecule has 19 heavy (non-hydrogen) atoms. The van der Waals surface area contributed by atoms with Gasteiger partial charge in [-0.15, -0.1) is 0 Å². The van der Waals surface area contributed by atoms with Gasteiger partial charge in [0.15, 0.2) is 0 Å². The predicted octanol–water partition coefficient (Wildman–Crippen LogP) is 3.54. The summed E-state index contributed by atoms with van der Waals surface area (Å²) in [5.41, 5.74) is 6.83. The Morgan fingerprint density at radius 3 is 2.68 bits per heavy atom. The highest BCUT2D eigenvalue weighted by Gasteiger charge is 2.14. The number of nitrogen functional groups attached to an aromatic ring is 1. The lowest BCUT2D eigenvalue weighted by Gasteiger charge is -2.08. The molecular weight excluding hydrogens is 272 g/mol. The van der Waals surface area contributed by atoms with Gasteiger partial charge in [0.25, 0.3) is 0 Å². The van der Waals surface area contributed by atoms with Crippen LogP contribution in [0, 0.1) is 11.6 Å². The second-order valence-electron chi connectivity index (χ2n) is 4.03. The average Bonchev–Trinajstić information content (AvgIpc) is 2.67. The number of aromatic nitrogens is 2. The summed E-state index contributed by atoms with van der Waals surface area (Å²) in [4.78, 5) is 4.01. The van der Waals surface area contributed by atoms with E-state index in [0.717, 1.165) is 0 Å². The number of anilines is 1. The Hall–Kier alpha value is -2.14. The van der Waals surface area contributed by atoms with Crippen LogP contribution in [0.2, 0.25) is 5.02 Å². The van der Waals surface area contributed by atoms with Crippen LogP contribution in [0.1, 0.15) is 0 Å². The van der Waals surface area contributed by atoms with Crippen molar-refractivity contribution in [2.75, 3.05) is 5.73 Å².